The largest absolute Gasteiger partial charge is 0.455 e. The lowest BCUT2D eigenvalue weighted by Crippen LogP contribution is -2.37. The monoisotopic (exact) mass is 377 g/mol. The van der Waals surface area contributed by atoms with Gasteiger partial charge >= 0.3 is 5.97 Å². The van der Waals surface area contributed by atoms with Crippen LogP contribution in [-0.2, 0) is 14.3 Å². The first-order valence-electron chi connectivity index (χ1n) is 9.74. The van der Waals surface area contributed by atoms with Crippen LogP contribution in [0.25, 0.3) is 0 Å². The number of hydrogen-bond donors (Lipinski definition) is 1. The van der Waals surface area contributed by atoms with E-state index in [9.17, 15) is 14.4 Å². The van der Waals surface area contributed by atoms with Crippen LogP contribution < -0.4 is 5.32 Å². The molecule has 4 atom stereocenters. The van der Waals surface area contributed by atoms with E-state index in [4.69, 9.17) is 4.74 Å². The van der Waals surface area contributed by atoms with Gasteiger partial charge in [0.15, 0.2) is 12.4 Å². The van der Waals surface area contributed by atoms with E-state index in [0.717, 1.165) is 19.3 Å². The highest BCUT2D eigenvalue weighted by atomic mass is 16.5. The van der Waals surface area contributed by atoms with Gasteiger partial charge in [0, 0.05) is 17.2 Å². The summed E-state index contributed by atoms with van der Waals surface area (Å²) in [5, 5.41) is 2.70. The lowest BCUT2D eigenvalue weighted by molar-refractivity contribution is -0.154. The van der Waals surface area contributed by atoms with Crippen LogP contribution in [0.2, 0.25) is 0 Å². The van der Waals surface area contributed by atoms with Crippen molar-refractivity contribution >= 4 is 23.3 Å². The molecule has 0 saturated heterocycles. The number of anilines is 1. The molecule has 2 aliphatic rings. The lowest BCUT2D eigenvalue weighted by Gasteiger charge is -2.28. The predicted molar refractivity (Wildman–Crippen MR) is 105 cm³/mol. The fourth-order valence-electron chi connectivity index (χ4n) is 4.75. The van der Waals surface area contributed by atoms with E-state index in [1.165, 1.54) is 0 Å². The van der Waals surface area contributed by atoms with Gasteiger partial charge in [0.2, 0.25) is 0 Å². The van der Waals surface area contributed by atoms with E-state index in [2.05, 4.69) is 5.32 Å². The number of nitrogens with one attached hydrogen (secondary N) is 1. The summed E-state index contributed by atoms with van der Waals surface area (Å²) in [5.74, 6) is -1.18. The number of rotatable bonds is 6. The second-order valence-corrected chi connectivity index (χ2v) is 7.64. The SMILES string of the molecule is O=C(COC(=O)[C@H]1[C@H]2CC[C@H](C2)[C@H]1C(=O)c1ccccc1)Nc1ccccc1. The number of hydrogen-bond acceptors (Lipinski definition) is 4. The van der Waals surface area contributed by atoms with Gasteiger partial charge in [-0.15, -0.1) is 0 Å². The van der Waals surface area contributed by atoms with Gasteiger partial charge in [0.05, 0.1) is 5.92 Å². The molecule has 2 saturated carbocycles. The minimum Gasteiger partial charge on any atom is -0.455 e. The molecule has 0 aliphatic heterocycles. The van der Waals surface area contributed by atoms with Gasteiger partial charge in [-0.3, -0.25) is 14.4 Å². The van der Waals surface area contributed by atoms with E-state index >= 15 is 0 Å². The molecule has 0 heterocycles. The molecule has 2 fully saturated rings. The molecule has 0 radical (unpaired) electrons. The van der Waals surface area contributed by atoms with E-state index in [0.29, 0.717) is 11.3 Å². The van der Waals surface area contributed by atoms with E-state index in [-0.39, 0.29) is 36.1 Å². The number of fused-ring (bicyclic) bond motifs is 2. The van der Waals surface area contributed by atoms with Crippen LogP contribution in [0.4, 0.5) is 5.69 Å². The number of carbonyl (C=O) groups is 3. The molecule has 144 valence electrons. The first-order chi connectivity index (χ1) is 13.6. The molecule has 2 aromatic carbocycles. The van der Waals surface area contributed by atoms with E-state index < -0.39 is 11.9 Å². The van der Waals surface area contributed by atoms with Crippen LogP contribution in [-0.4, -0.2) is 24.3 Å². The summed E-state index contributed by atoms with van der Waals surface area (Å²) in [6.07, 6.45) is 2.81. The molecule has 2 aliphatic carbocycles. The smallest absolute Gasteiger partial charge is 0.310 e. The van der Waals surface area contributed by atoms with E-state index in [1.54, 1.807) is 24.3 Å². The molecule has 1 amide bonds. The first-order valence-corrected chi connectivity index (χ1v) is 9.74. The Morgan fingerprint density at radius 2 is 1.46 bits per heavy atom. The molecule has 2 aromatic rings. The van der Waals surface area contributed by atoms with Gasteiger partial charge in [-0.2, -0.15) is 0 Å². The van der Waals surface area contributed by atoms with Crippen molar-refractivity contribution in [1.29, 1.82) is 0 Å². The van der Waals surface area contributed by atoms with Gasteiger partial charge in [0.25, 0.3) is 5.91 Å². The molecular weight excluding hydrogens is 354 g/mol. The number of para-hydroxylation sites is 1. The van der Waals surface area contributed by atoms with Gasteiger partial charge in [-0.05, 0) is 43.2 Å². The number of benzene rings is 2. The highest BCUT2D eigenvalue weighted by molar-refractivity contribution is 6.01. The Bertz CT molecular complexity index is 865. The summed E-state index contributed by atoms with van der Waals surface area (Å²) in [7, 11) is 0. The fraction of sp³-hybridized carbons (Fsp3) is 0.348. The average molecular weight is 377 g/mol. The number of amides is 1. The third kappa shape index (κ3) is 3.70. The van der Waals surface area contributed by atoms with Crippen LogP contribution in [0, 0.1) is 23.7 Å². The standard InChI is InChI=1S/C23H23NO4/c25-19(24-18-9-5-2-6-10-18)14-28-23(27)21-17-12-11-16(13-17)20(21)22(26)15-7-3-1-4-8-15/h1-10,16-17,20-21H,11-14H2,(H,24,25)/t16-,17+,20-,21+/m1/s1. The van der Waals surface area contributed by atoms with Crippen molar-refractivity contribution in [3.05, 3.63) is 66.2 Å². The molecule has 28 heavy (non-hydrogen) atoms. The van der Waals surface area contributed by atoms with Crippen molar-refractivity contribution in [2.45, 2.75) is 19.3 Å². The van der Waals surface area contributed by atoms with E-state index in [1.807, 2.05) is 36.4 Å². The minimum absolute atomic E-state index is 0.0171. The van der Waals surface area contributed by atoms with Gasteiger partial charge in [0.1, 0.15) is 0 Å². The Morgan fingerprint density at radius 1 is 0.857 bits per heavy atom. The quantitative estimate of drug-likeness (QED) is 0.615. The zero-order chi connectivity index (χ0) is 19.5. The molecular formula is C23H23NO4. The number of ketones is 1. The summed E-state index contributed by atoms with van der Waals surface area (Å²) in [4.78, 5) is 37.9. The highest BCUT2D eigenvalue weighted by Crippen LogP contribution is 2.53. The summed E-state index contributed by atoms with van der Waals surface area (Å²) in [5.41, 5.74) is 1.29. The zero-order valence-electron chi connectivity index (χ0n) is 15.5. The second kappa shape index (κ2) is 7.97. The number of ether oxygens (including phenoxy) is 1. The topological polar surface area (TPSA) is 72.5 Å². The minimum atomic E-state index is -0.448. The van der Waals surface area contributed by atoms with Crippen LogP contribution in [0.5, 0.6) is 0 Å². The third-order valence-electron chi connectivity index (χ3n) is 5.95. The van der Waals surface area contributed by atoms with Gasteiger partial charge in [-0.25, -0.2) is 0 Å². The van der Waals surface area contributed by atoms with Crippen LogP contribution in [0.15, 0.2) is 60.7 Å². The molecule has 0 unspecified atom stereocenters. The van der Waals surface area contributed by atoms with Crippen molar-refractivity contribution in [3.8, 4) is 0 Å². The Morgan fingerprint density at radius 3 is 2.14 bits per heavy atom. The normalized spacial score (nSPS) is 25.3. The fourth-order valence-corrected chi connectivity index (χ4v) is 4.75. The molecule has 5 heteroatoms. The van der Waals surface area contributed by atoms with Crippen molar-refractivity contribution in [3.63, 3.8) is 0 Å². The number of Topliss-reactive ketones (excluding diaryl/α,β-unsaturated/α-hetero) is 1. The summed E-state index contributed by atoms with van der Waals surface area (Å²) < 4.78 is 5.33. The van der Waals surface area contributed by atoms with Crippen molar-refractivity contribution in [2.75, 3.05) is 11.9 Å². The molecule has 5 nitrogen and oxygen atoms in total. The van der Waals surface area contributed by atoms with Crippen molar-refractivity contribution in [2.24, 2.45) is 23.7 Å². The van der Waals surface area contributed by atoms with Crippen molar-refractivity contribution in [1.82, 2.24) is 0 Å². The molecule has 2 bridgehead atoms. The van der Waals surface area contributed by atoms with Gasteiger partial charge in [-0.1, -0.05) is 48.5 Å². The Hall–Kier alpha value is -2.95. The lowest BCUT2D eigenvalue weighted by atomic mass is 9.75. The van der Waals surface area contributed by atoms with Gasteiger partial charge < -0.3 is 10.1 Å². The highest BCUT2D eigenvalue weighted by Gasteiger charge is 2.54. The molecule has 0 spiro atoms. The second-order valence-electron chi connectivity index (χ2n) is 7.64. The molecule has 1 N–H and O–H groups in total. The Kier molecular flexibility index (Phi) is 5.24. The Balaban J connectivity index is 1.41. The Labute approximate surface area is 164 Å². The van der Waals surface area contributed by atoms with Crippen LogP contribution >= 0.6 is 0 Å². The molecule has 0 aromatic heterocycles. The summed E-state index contributed by atoms with van der Waals surface area (Å²) in [6.45, 7) is -0.339. The summed E-state index contributed by atoms with van der Waals surface area (Å²) in [6, 6.07) is 18.2. The average Bonchev–Trinajstić information content (AvgIpc) is 3.34. The molecule has 4 rings (SSSR count). The first kappa shape index (κ1) is 18.4. The van der Waals surface area contributed by atoms with Crippen molar-refractivity contribution < 1.29 is 19.1 Å². The maximum absolute atomic E-state index is 13.0. The van der Waals surface area contributed by atoms with Crippen LogP contribution in [0.3, 0.4) is 0 Å². The predicted octanol–water partition coefficient (Wildman–Crippen LogP) is 3.71. The summed E-state index contributed by atoms with van der Waals surface area (Å²) >= 11 is 0. The number of esters is 1. The maximum Gasteiger partial charge on any atom is 0.310 e. The number of carbonyl (C=O) groups excluding carboxylic acids is 3. The third-order valence-corrected chi connectivity index (χ3v) is 5.95. The maximum atomic E-state index is 13.0. The zero-order valence-corrected chi connectivity index (χ0v) is 15.5. The van der Waals surface area contributed by atoms with Crippen LogP contribution in [0.1, 0.15) is 29.6 Å².